The van der Waals surface area contributed by atoms with Crippen LogP contribution < -0.4 is 0 Å². The van der Waals surface area contributed by atoms with Gasteiger partial charge in [0.25, 0.3) is 0 Å². The lowest BCUT2D eigenvalue weighted by Gasteiger charge is -2.22. The Hall–Kier alpha value is -2.47. The molecule has 0 spiro atoms. The maximum absolute atomic E-state index is 5.50. The second kappa shape index (κ2) is 6.68. The molecule has 3 heterocycles. The summed E-state index contributed by atoms with van der Waals surface area (Å²) in [4.78, 5) is 4.96. The molecule has 0 bridgehead atoms. The van der Waals surface area contributed by atoms with Crippen LogP contribution in [0.2, 0.25) is 0 Å². The third-order valence-corrected chi connectivity index (χ3v) is 4.72. The Morgan fingerprint density at radius 1 is 1.12 bits per heavy atom. The maximum atomic E-state index is 5.50. The standard InChI is InChI=1S/C20H25N5O/c1-20(2,3)25-19(22-18(23-25)15-8-12-26-13-9-15)16-6-4-7-17(14-16)24-11-5-10-21-24/h4-7,10-11,14-15H,8-9,12-13H2,1-3H3. The largest absolute Gasteiger partial charge is 0.381 e. The van der Waals surface area contributed by atoms with Crippen molar-refractivity contribution in [2.75, 3.05) is 13.2 Å². The summed E-state index contributed by atoms with van der Waals surface area (Å²) in [5.41, 5.74) is 1.93. The van der Waals surface area contributed by atoms with Crippen LogP contribution in [0, 0.1) is 0 Å². The molecule has 0 N–H and O–H groups in total. The van der Waals surface area contributed by atoms with Crippen LogP contribution in [0.1, 0.15) is 45.4 Å². The van der Waals surface area contributed by atoms with Gasteiger partial charge in [0.05, 0.1) is 11.2 Å². The molecule has 6 nitrogen and oxygen atoms in total. The van der Waals surface area contributed by atoms with Gasteiger partial charge in [0, 0.05) is 37.1 Å². The monoisotopic (exact) mass is 351 g/mol. The summed E-state index contributed by atoms with van der Waals surface area (Å²) in [6.07, 6.45) is 5.70. The zero-order valence-electron chi connectivity index (χ0n) is 15.6. The highest BCUT2D eigenvalue weighted by Crippen LogP contribution is 2.30. The second-order valence-electron chi connectivity index (χ2n) is 7.76. The normalized spacial score (nSPS) is 16.1. The van der Waals surface area contributed by atoms with Crippen LogP contribution in [0.3, 0.4) is 0 Å². The van der Waals surface area contributed by atoms with E-state index in [4.69, 9.17) is 14.8 Å². The molecule has 0 unspecified atom stereocenters. The van der Waals surface area contributed by atoms with E-state index < -0.39 is 0 Å². The van der Waals surface area contributed by atoms with E-state index in [1.165, 1.54) is 0 Å². The predicted octanol–water partition coefficient (Wildman–Crippen LogP) is 3.78. The van der Waals surface area contributed by atoms with Gasteiger partial charge < -0.3 is 4.74 Å². The Kier molecular flexibility index (Phi) is 4.36. The summed E-state index contributed by atoms with van der Waals surface area (Å²) < 4.78 is 9.41. The smallest absolute Gasteiger partial charge is 0.158 e. The number of hydrogen-bond donors (Lipinski definition) is 0. The molecule has 1 saturated heterocycles. The first-order chi connectivity index (χ1) is 12.5. The number of aromatic nitrogens is 5. The van der Waals surface area contributed by atoms with E-state index >= 15 is 0 Å². The molecule has 6 heteroatoms. The minimum atomic E-state index is -0.145. The third-order valence-electron chi connectivity index (χ3n) is 4.72. The van der Waals surface area contributed by atoms with Crippen LogP contribution in [-0.4, -0.2) is 37.8 Å². The summed E-state index contributed by atoms with van der Waals surface area (Å²) >= 11 is 0. The molecule has 0 amide bonds. The van der Waals surface area contributed by atoms with E-state index in [0.29, 0.717) is 5.92 Å². The molecule has 136 valence electrons. The van der Waals surface area contributed by atoms with Crippen molar-refractivity contribution in [3.63, 3.8) is 0 Å². The van der Waals surface area contributed by atoms with Crippen LogP contribution in [-0.2, 0) is 10.3 Å². The van der Waals surface area contributed by atoms with Gasteiger partial charge in [-0.1, -0.05) is 12.1 Å². The Morgan fingerprint density at radius 3 is 2.62 bits per heavy atom. The maximum Gasteiger partial charge on any atom is 0.158 e. The molecule has 1 aliphatic heterocycles. The lowest BCUT2D eigenvalue weighted by Crippen LogP contribution is -2.24. The molecule has 1 fully saturated rings. The quantitative estimate of drug-likeness (QED) is 0.720. The average molecular weight is 351 g/mol. The van der Waals surface area contributed by atoms with Gasteiger partial charge in [0.2, 0.25) is 0 Å². The molecule has 1 aromatic carbocycles. The Bertz CT molecular complexity index is 870. The van der Waals surface area contributed by atoms with Gasteiger partial charge in [-0.25, -0.2) is 14.3 Å². The van der Waals surface area contributed by atoms with Gasteiger partial charge in [0.15, 0.2) is 11.6 Å². The van der Waals surface area contributed by atoms with Crippen LogP contribution in [0.25, 0.3) is 17.1 Å². The summed E-state index contributed by atoms with van der Waals surface area (Å²) in [7, 11) is 0. The Balaban J connectivity index is 1.77. The minimum absolute atomic E-state index is 0.145. The molecule has 0 radical (unpaired) electrons. The fourth-order valence-electron chi connectivity index (χ4n) is 3.32. The number of nitrogens with zero attached hydrogens (tertiary/aromatic N) is 5. The van der Waals surface area contributed by atoms with E-state index in [0.717, 1.165) is 49.0 Å². The highest BCUT2D eigenvalue weighted by Gasteiger charge is 2.27. The van der Waals surface area contributed by atoms with Gasteiger partial charge >= 0.3 is 0 Å². The number of ether oxygens (including phenoxy) is 1. The Labute approximate surface area is 153 Å². The first kappa shape index (κ1) is 17.0. The number of hydrogen-bond acceptors (Lipinski definition) is 4. The van der Waals surface area contributed by atoms with Crippen molar-refractivity contribution in [2.45, 2.75) is 45.1 Å². The van der Waals surface area contributed by atoms with Crippen molar-refractivity contribution in [2.24, 2.45) is 0 Å². The summed E-state index contributed by atoms with van der Waals surface area (Å²) in [5, 5.41) is 9.23. The third kappa shape index (κ3) is 3.29. The lowest BCUT2D eigenvalue weighted by molar-refractivity contribution is 0.0834. The van der Waals surface area contributed by atoms with Crippen LogP contribution in [0.4, 0.5) is 0 Å². The molecule has 4 rings (SSSR count). The van der Waals surface area contributed by atoms with Crippen molar-refractivity contribution in [1.82, 2.24) is 24.5 Å². The molecule has 1 aliphatic rings. The fraction of sp³-hybridized carbons (Fsp3) is 0.450. The molecule has 0 saturated carbocycles. The molecular formula is C20H25N5O. The topological polar surface area (TPSA) is 57.8 Å². The molecule has 26 heavy (non-hydrogen) atoms. The van der Waals surface area contributed by atoms with Crippen molar-refractivity contribution in [3.8, 4) is 17.1 Å². The van der Waals surface area contributed by atoms with E-state index in [1.54, 1.807) is 6.20 Å². The van der Waals surface area contributed by atoms with Gasteiger partial charge in [-0.2, -0.15) is 10.2 Å². The van der Waals surface area contributed by atoms with E-state index in [2.05, 4.69) is 42.7 Å². The Morgan fingerprint density at radius 2 is 1.92 bits per heavy atom. The molecule has 0 aliphatic carbocycles. The summed E-state index contributed by atoms with van der Waals surface area (Å²) in [5.74, 6) is 2.22. The number of benzene rings is 1. The van der Waals surface area contributed by atoms with Gasteiger partial charge in [-0.15, -0.1) is 0 Å². The van der Waals surface area contributed by atoms with Crippen molar-refractivity contribution in [3.05, 3.63) is 48.5 Å². The summed E-state index contributed by atoms with van der Waals surface area (Å²) in [6, 6.07) is 10.2. The highest BCUT2D eigenvalue weighted by molar-refractivity contribution is 5.59. The van der Waals surface area contributed by atoms with Crippen molar-refractivity contribution in [1.29, 1.82) is 0 Å². The molecule has 2 aromatic heterocycles. The van der Waals surface area contributed by atoms with Gasteiger partial charge in [-0.3, -0.25) is 0 Å². The summed E-state index contributed by atoms with van der Waals surface area (Å²) in [6.45, 7) is 8.07. The van der Waals surface area contributed by atoms with E-state index in [-0.39, 0.29) is 5.54 Å². The van der Waals surface area contributed by atoms with Crippen LogP contribution in [0.15, 0.2) is 42.7 Å². The minimum Gasteiger partial charge on any atom is -0.381 e. The van der Waals surface area contributed by atoms with Crippen LogP contribution in [0.5, 0.6) is 0 Å². The molecular weight excluding hydrogens is 326 g/mol. The SMILES string of the molecule is CC(C)(C)n1nc(C2CCOCC2)nc1-c1cccc(-n2cccn2)c1. The van der Waals surface area contributed by atoms with Gasteiger partial charge in [0.1, 0.15) is 0 Å². The van der Waals surface area contributed by atoms with Crippen molar-refractivity contribution >= 4 is 0 Å². The zero-order chi connectivity index (χ0) is 18.1. The van der Waals surface area contributed by atoms with Gasteiger partial charge in [-0.05, 0) is 51.8 Å². The number of rotatable bonds is 3. The second-order valence-corrected chi connectivity index (χ2v) is 7.76. The van der Waals surface area contributed by atoms with Crippen molar-refractivity contribution < 1.29 is 4.74 Å². The fourth-order valence-corrected chi connectivity index (χ4v) is 3.32. The zero-order valence-corrected chi connectivity index (χ0v) is 15.6. The molecule has 3 aromatic rings. The predicted molar refractivity (Wildman–Crippen MR) is 100 cm³/mol. The molecule has 0 atom stereocenters. The van der Waals surface area contributed by atoms with Crippen LogP contribution >= 0.6 is 0 Å². The lowest BCUT2D eigenvalue weighted by atomic mass is 10.00. The average Bonchev–Trinajstić information content (AvgIpc) is 3.32. The first-order valence-electron chi connectivity index (χ1n) is 9.18. The van der Waals surface area contributed by atoms with E-state index in [9.17, 15) is 0 Å². The first-order valence-corrected chi connectivity index (χ1v) is 9.18. The van der Waals surface area contributed by atoms with E-state index in [1.807, 2.05) is 29.1 Å². The highest BCUT2D eigenvalue weighted by atomic mass is 16.5.